The molecule has 114 valence electrons. The van der Waals surface area contributed by atoms with Gasteiger partial charge in [0.25, 0.3) is 0 Å². The van der Waals surface area contributed by atoms with Gasteiger partial charge < -0.3 is 20.1 Å². The van der Waals surface area contributed by atoms with Crippen molar-refractivity contribution in [1.82, 2.24) is 4.90 Å². The predicted molar refractivity (Wildman–Crippen MR) is 84.4 cm³/mol. The van der Waals surface area contributed by atoms with Gasteiger partial charge in [-0.3, -0.25) is 0 Å². The fourth-order valence-corrected chi connectivity index (χ4v) is 2.33. The van der Waals surface area contributed by atoms with Gasteiger partial charge in [0, 0.05) is 20.0 Å². The Labute approximate surface area is 126 Å². The average Bonchev–Trinajstić information content (AvgIpc) is 2.51. The maximum Gasteiger partial charge on any atom is 0.233 e. The summed E-state index contributed by atoms with van der Waals surface area (Å²) in [6, 6.07) is 10.2. The van der Waals surface area contributed by atoms with Crippen LogP contribution in [0.25, 0.3) is 0 Å². The maximum absolute atomic E-state index is 6.20. The second-order valence-corrected chi connectivity index (χ2v) is 4.98. The number of nitrogens with two attached hydrogens (primary N) is 1. The first-order valence-corrected chi connectivity index (χ1v) is 7.42. The van der Waals surface area contributed by atoms with Crippen LogP contribution in [-0.2, 0) is 9.47 Å². The van der Waals surface area contributed by atoms with Crippen molar-refractivity contribution in [2.75, 3.05) is 26.7 Å². The highest BCUT2D eigenvalue weighted by Gasteiger charge is 2.20. The van der Waals surface area contributed by atoms with Crippen molar-refractivity contribution >= 4 is 0 Å². The van der Waals surface area contributed by atoms with E-state index in [4.69, 9.17) is 15.2 Å². The van der Waals surface area contributed by atoms with Crippen LogP contribution in [0.1, 0.15) is 25.0 Å². The second-order valence-electron chi connectivity index (χ2n) is 4.98. The van der Waals surface area contributed by atoms with E-state index in [0.717, 1.165) is 30.2 Å². The van der Waals surface area contributed by atoms with E-state index < -0.39 is 0 Å². The van der Waals surface area contributed by atoms with Crippen LogP contribution in [0.5, 0.6) is 0 Å². The first-order valence-electron chi connectivity index (χ1n) is 7.42. The lowest BCUT2D eigenvalue weighted by molar-refractivity contribution is 0.0679. The molecule has 1 aliphatic rings. The monoisotopic (exact) mass is 288 g/mol. The molecule has 0 bridgehead atoms. The zero-order valence-corrected chi connectivity index (χ0v) is 12.8. The molecule has 0 saturated heterocycles. The fraction of sp³-hybridized carbons (Fsp3) is 0.412. The third kappa shape index (κ3) is 4.02. The number of ether oxygens (including phenoxy) is 2. The third-order valence-electron chi connectivity index (χ3n) is 3.36. The molecule has 1 aliphatic heterocycles. The topological polar surface area (TPSA) is 47.7 Å². The van der Waals surface area contributed by atoms with E-state index in [0.29, 0.717) is 13.2 Å². The molecular weight excluding hydrogens is 264 g/mol. The van der Waals surface area contributed by atoms with E-state index in [2.05, 4.69) is 18.2 Å². The Bertz CT molecular complexity index is 497. The lowest BCUT2D eigenvalue weighted by atomic mass is 10.1. The molecule has 0 spiro atoms. The molecule has 0 saturated carbocycles. The maximum atomic E-state index is 6.20. The molecule has 4 nitrogen and oxygen atoms in total. The molecule has 1 aromatic rings. The molecule has 0 amide bonds. The normalized spacial score (nSPS) is 16.0. The molecule has 0 unspecified atom stereocenters. The summed E-state index contributed by atoms with van der Waals surface area (Å²) >= 11 is 0. The Morgan fingerprint density at radius 3 is 2.71 bits per heavy atom. The minimum atomic E-state index is -0.0576. The van der Waals surface area contributed by atoms with Crippen LogP contribution in [0, 0.1) is 0 Å². The highest BCUT2D eigenvalue weighted by Crippen LogP contribution is 2.28. The Morgan fingerprint density at radius 2 is 2.05 bits per heavy atom. The van der Waals surface area contributed by atoms with Gasteiger partial charge in [0.1, 0.15) is 6.10 Å². The van der Waals surface area contributed by atoms with E-state index >= 15 is 0 Å². The highest BCUT2D eigenvalue weighted by molar-refractivity contribution is 5.23. The smallest absolute Gasteiger partial charge is 0.233 e. The highest BCUT2D eigenvalue weighted by atomic mass is 16.5. The van der Waals surface area contributed by atoms with E-state index in [-0.39, 0.29) is 6.10 Å². The lowest BCUT2D eigenvalue weighted by Crippen LogP contribution is -2.25. The summed E-state index contributed by atoms with van der Waals surface area (Å²) in [7, 11) is 2.00. The molecule has 0 fully saturated rings. The van der Waals surface area contributed by atoms with Crippen LogP contribution in [-0.4, -0.2) is 31.6 Å². The summed E-state index contributed by atoms with van der Waals surface area (Å²) in [5.41, 5.74) is 6.87. The van der Waals surface area contributed by atoms with Crippen LogP contribution in [0.15, 0.2) is 54.1 Å². The molecule has 1 heterocycles. The molecule has 1 aromatic carbocycles. The Balaban J connectivity index is 2.22. The SMILES string of the molecule is CCOC1=C(O[C@H](CCN)c2ccccc2)C=CCN1C. The van der Waals surface area contributed by atoms with Crippen LogP contribution >= 0.6 is 0 Å². The van der Waals surface area contributed by atoms with Crippen molar-refractivity contribution in [2.24, 2.45) is 5.73 Å². The summed E-state index contributed by atoms with van der Waals surface area (Å²) in [6.45, 7) is 4.00. The van der Waals surface area contributed by atoms with Crippen molar-refractivity contribution in [3.05, 3.63) is 59.7 Å². The van der Waals surface area contributed by atoms with Gasteiger partial charge in [-0.2, -0.15) is 0 Å². The number of hydrogen-bond donors (Lipinski definition) is 1. The average molecular weight is 288 g/mol. The van der Waals surface area contributed by atoms with E-state index in [9.17, 15) is 0 Å². The number of nitrogens with zero attached hydrogens (tertiary/aromatic N) is 1. The summed E-state index contributed by atoms with van der Waals surface area (Å²) in [6.07, 6.45) is 4.77. The van der Waals surface area contributed by atoms with Crippen LogP contribution in [0.2, 0.25) is 0 Å². The van der Waals surface area contributed by atoms with Gasteiger partial charge in [0.15, 0.2) is 5.76 Å². The predicted octanol–water partition coefficient (Wildman–Crippen LogP) is 2.80. The zero-order chi connectivity index (χ0) is 15.1. The summed E-state index contributed by atoms with van der Waals surface area (Å²) in [5, 5.41) is 0. The first kappa shape index (κ1) is 15.4. The van der Waals surface area contributed by atoms with Crippen molar-refractivity contribution in [2.45, 2.75) is 19.4 Å². The van der Waals surface area contributed by atoms with Gasteiger partial charge in [-0.15, -0.1) is 0 Å². The number of likely N-dealkylation sites (N-methyl/N-ethyl adjacent to an activating group) is 1. The van der Waals surface area contributed by atoms with E-state index in [1.807, 2.05) is 43.1 Å². The van der Waals surface area contributed by atoms with Crippen molar-refractivity contribution in [1.29, 1.82) is 0 Å². The number of hydrogen-bond acceptors (Lipinski definition) is 4. The first-order chi connectivity index (χ1) is 10.3. The van der Waals surface area contributed by atoms with Crippen molar-refractivity contribution in [3.8, 4) is 0 Å². The number of rotatable bonds is 7. The molecular formula is C17H24N2O2. The Morgan fingerprint density at radius 1 is 1.29 bits per heavy atom. The van der Waals surface area contributed by atoms with E-state index in [1.165, 1.54) is 0 Å². The molecule has 4 heteroatoms. The van der Waals surface area contributed by atoms with Crippen LogP contribution in [0.4, 0.5) is 0 Å². The van der Waals surface area contributed by atoms with Gasteiger partial charge >= 0.3 is 0 Å². The van der Waals surface area contributed by atoms with Gasteiger partial charge in [-0.1, -0.05) is 36.4 Å². The summed E-state index contributed by atoms with van der Waals surface area (Å²) in [4.78, 5) is 2.04. The summed E-state index contributed by atoms with van der Waals surface area (Å²) in [5.74, 6) is 1.56. The minimum Gasteiger partial charge on any atom is -0.480 e. The third-order valence-corrected chi connectivity index (χ3v) is 3.36. The van der Waals surface area contributed by atoms with Crippen LogP contribution < -0.4 is 5.73 Å². The van der Waals surface area contributed by atoms with Crippen LogP contribution in [0.3, 0.4) is 0 Å². The second kappa shape index (κ2) is 7.74. The van der Waals surface area contributed by atoms with E-state index in [1.54, 1.807) is 0 Å². The number of benzene rings is 1. The molecule has 0 aliphatic carbocycles. The van der Waals surface area contributed by atoms with Crippen molar-refractivity contribution < 1.29 is 9.47 Å². The van der Waals surface area contributed by atoms with Gasteiger partial charge in [0.05, 0.1) is 6.61 Å². The molecule has 0 radical (unpaired) electrons. The van der Waals surface area contributed by atoms with Crippen molar-refractivity contribution in [3.63, 3.8) is 0 Å². The molecule has 2 rings (SSSR count). The van der Waals surface area contributed by atoms with Gasteiger partial charge in [-0.05, 0) is 25.1 Å². The molecule has 21 heavy (non-hydrogen) atoms. The molecule has 2 N–H and O–H groups in total. The standard InChI is InChI=1S/C17H24N2O2/c1-3-20-17-16(10-7-13-19(17)2)21-15(11-12-18)14-8-5-4-6-9-14/h4-10,15H,3,11-13,18H2,1-2H3/t15-/m1/s1. The minimum absolute atomic E-state index is 0.0576. The fourth-order valence-electron chi connectivity index (χ4n) is 2.33. The quantitative estimate of drug-likeness (QED) is 0.838. The number of allylic oxidation sites excluding steroid dienone is 1. The lowest BCUT2D eigenvalue weighted by Gasteiger charge is -2.28. The van der Waals surface area contributed by atoms with Gasteiger partial charge in [0.2, 0.25) is 5.88 Å². The largest absolute Gasteiger partial charge is 0.480 e. The summed E-state index contributed by atoms with van der Waals surface area (Å²) < 4.78 is 11.9. The molecule has 0 aromatic heterocycles. The Hall–Kier alpha value is -1.94. The van der Waals surface area contributed by atoms with Gasteiger partial charge in [-0.25, -0.2) is 0 Å². The molecule has 1 atom stereocenters. The Kier molecular flexibility index (Phi) is 5.69. The zero-order valence-electron chi connectivity index (χ0n) is 12.8.